The molecule has 6 heteroatoms. The summed E-state index contributed by atoms with van der Waals surface area (Å²) in [6.45, 7) is 1.61. The normalized spacial score (nSPS) is 13.7. The molecule has 0 aromatic heterocycles. The molecular formula is C12H13N3O3. The standard InChI is InChI=1S/C12H13N3O3/c16-10(7-11(17)18)15-9-3-1-8(2-4-9)12-13-5-6-14-12/h1-4H,5-7H2,(H,13,14)(H,15,16)(H,17,18). The van der Waals surface area contributed by atoms with Crippen LogP contribution < -0.4 is 10.6 Å². The van der Waals surface area contributed by atoms with E-state index in [4.69, 9.17) is 5.11 Å². The van der Waals surface area contributed by atoms with E-state index < -0.39 is 18.3 Å². The van der Waals surface area contributed by atoms with Crippen molar-refractivity contribution in [2.24, 2.45) is 4.99 Å². The molecule has 0 aliphatic carbocycles. The van der Waals surface area contributed by atoms with E-state index in [1.807, 2.05) is 12.1 Å². The van der Waals surface area contributed by atoms with E-state index in [0.29, 0.717) is 5.69 Å². The van der Waals surface area contributed by atoms with E-state index in [9.17, 15) is 9.59 Å². The highest BCUT2D eigenvalue weighted by atomic mass is 16.4. The molecule has 1 aromatic rings. The molecule has 2 rings (SSSR count). The van der Waals surface area contributed by atoms with Crippen LogP contribution >= 0.6 is 0 Å². The minimum Gasteiger partial charge on any atom is -0.481 e. The lowest BCUT2D eigenvalue weighted by Crippen LogP contribution is -2.19. The predicted octanol–water partition coefficient (Wildman–Crippen LogP) is 0.450. The van der Waals surface area contributed by atoms with Crippen molar-refractivity contribution < 1.29 is 14.7 Å². The van der Waals surface area contributed by atoms with Crippen LogP contribution in [0, 0.1) is 0 Å². The van der Waals surface area contributed by atoms with Crippen LogP contribution in [0.5, 0.6) is 0 Å². The van der Waals surface area contributed by atoms with E-state index in [0.717, 1.165) is 24.5 Å². The number of nitrogens with zero attached hydrogens (tertiary/aromatic N) is 1. The van der Waals surface area contributed by atoms with E-state index in [1.54, 1.807) is 12.1 Å². The number of anilines is 1. The van der Waals surface area contributed by atoms with Crippen LogP contribution in [0.4, 0.5) is 5.69 Å². The number of benzene rings is 1. The van der Waals surface area contributed by atoms with Crippen molar-refractivity contribution in [1.82, 2.24) is 5.32 Å². The number of hydrogen-bond donors (Lipinski definition) is 3. The Morgan fingerprint density at radius 2 is 2.06 bits per heavy atom. The van der Waals surface area contributed by atoms with Gasteiger partial charge in [0.2, 0.25) is 5.91 Å². The Morgan fingerprint density at radius 3 is 2.61 bits per heavy atom. The first-order valence-electron chi connectivity index (χ1n) is 5.55. The van der Waals surface area contributed by atoms with Gasteiger partial charge >= 0.3 is 5.97 Å². The van der Waals surface area contributed by atoms with Crippen LogP contribution in [0.15, 0.2) is 29.3 Å². The minimum atomic E-state index is -1.14. The maximum Gasteiger partial charge on any atom is 0.312 e. The molecule has 1 aromatic carbocycles. The smallest absolute Gasteiger partial charge is 0.312 e. The number of carboxylic acid groups (broad SMARTS) is 1. The third kappa shape index (κ3) is 3.07. The van der Waals surface area contributed by atoms with Gasteiger partial charge in [0.25, 0.3) is 0 Å². The van der Waals surface area contributed by atoms with Crippen molar-refractivity contribution in [3.63, 3.8) is 0 Å². The summed E-state index contributed by atoms with van der Waals surface area (Å²) in [5, 5.41) is 14.1. The summed E-state index contributed by atoms with van der Waals surface area (Å²) in [6.07, 6.45) is -0.532. The summed E-state index contributed by atoms with van der Waals surface area (Å²) >= 11 is 0. The molecule has 3 N–H and O–H groups in total. The molecule has 0 saturated carbocycles. The van der Waals surface area contributed by atoms with Crippen LogP contribution in [0.1, 0.15) is 12.0 Å². The van der Waals surface area contributed by atoms with Crippen LogP contribution in [0.3, 0.4) is 0 Å². The zero-order chi connectivity index (χ0) is 13.0. The first-order chi connectivity index (χ1) is 8.65. The molecule has 1 amide bonds. The Morgan fingerprint density at radius 1 is 1.33 bits per heavy atom. The molecule has 0 unspecified atom stereocenters. The van der Waals surface area contributed by atoms with Crippen molar-refractivity contribution in [2.45, 2.75) is 6.42 Å². The van der Waals surface area contributed by atoms with Crippen LogP contribution in [0.25, 0.3) is 0 Å². The first kappa shape index (κ1) is 12.1. The van der Waals surface area contributed by atoms with Gasteiger partial charge in [-0.3, -0.25) is 14.6 Å². The first-order valence-corrected chi connectivity index (χ1v) is 5.55. The fraction of sp³-hybridized carbons (Fsp3) is 0.250. The molecule has 18 heavy (non-hydrogen) atoms. The lowest BCUT2D eigenvalue weighted by Gasteiger charge is -2.06. The Balaban J connectivity index is 1.99. The molecule has 1 heterocycles. The van der Waals surface area contributed by atoms with Crippen molar-refractivity contribution in [3.8, 4) is 0 Å². The highest BCUT2D eigenvalue weighted by molar-refractivity contribution is 6.02. The van der Waals surface area contributed by atoms with Gasteiger partial charge < -0.3 is 15.7 Å². The molecule has 0 saturated heterocycles. The number of aliphatic carboxylic acids is 1. The number of rotatable bonds is 4. The fourth-order valence-electron chi connectivity index (χ4n) is 1.65. The molecule has 1 aliphatic heterocycles. The maximum absolute atomic E-state index is 11.2. The predicted molar refractivity (Wildman–Crippen MR) is 66.7 cm³/mol. The Kier molecular flexibility index (Phi) is 3.57. The van der Waals surface area contributed by atoms with E-state index in [1.165, 1.54) is 0 Å². The van der Waals surface area contributed by atoms with Gasteiger partial charge in [0.1, 0.15) is 12.3 Å². The zero-order valence-electron chi connectivity index (χ0n) is 9.64. The lowest BCUT2D eigenvalue weighted by molar-refractivity contribution is -0.139. The SMILES string of the molecule is O=C(O)CC(=O)Nc1ccc(C2=NCCN2)cc1. The van der Waals surface area contributed by atoms with Gasteiger partial charge in [-0.15, -0.1) is 0 Å². The second kappa shape index (κ2) is 5.31. The summed E-state index contributed by atoms with van der Waals surface area (Å²) in [6, 6.07) is 7.09. The number of carbonyl (C=O) groups excluding carboxylic acids is 1. The number of hydrogen-bond acceptors (Lipinski definition) is 4. The summed E-state index contributed by atoms with van der Waals surface area (Å²) < 4.78 is 0. The number of nitrogens with one attached hydrogen (secondary N) is 2. The molecule has 0 atom stereocenters. The van der Waals surface area contributed by atoms with Crippen LogP contribution in [-0.2, 0) is 9.59 Å². The van der Waals surface area contributed by atoms with Crippen molar-refractivity contribution in [2.75, 3.05) is 18.4 Å². The summed E-state index contributed by atoms with van der Waals surface area (Å²) in [4.78, 5) is 25.9. The second-order valence-corrected chi connectivity index (χ2v) is 3.85. The van der Waals surface area contributed by atoms with E-state index in [2.05, 4.69) is 15.6 Å². The van der Waals surface area contributed by atoms with Crippen LogP contribution in [0.2, 0.25) is 0 Å². The van der Waals surface area contributed by atoms with Gasteiger partial charge in [-0.25, -0.2) is 0 Å². The average molecular weight is 247 g/mol. The largest absolute Gasteiger partial charge is 0.481 e. The summed E-state index contributed by atoms with van der Waals surface area (Å²) in [5.74, 6) is -0.835. The molecular weight excluding hydrogens is 234 g/mol. The van der Waals surface area contributed by atoms with E-state index in [-0.39, 0.29) is 0 Å². The topological polar surface area (TPSA) is 90.8 Å². The fourth-order valence-corrected chi connectivity index (χ4v) is 1.65. The second-order valence-electron chi connectivity index (χ2n) is 3.85. The zero-order valence-corrected chi connectivity index (χ0v) is 9.64. The van der Waals surface area contributed by atoms with Gasteiger partial charge in [0.15, 0.2) is 0 Å². The number of amidine groups is 1. The molecule has 94 valence electrons. The quantitative estimate of drug-likeness (QED) is 0.674. The highest BCUT2D eigenvalue weighted by Crippen LogP contribution is 2.11. The Bertz CT molecular complexity index is 494. The van der Waals surface area contributed by atoms with Gasteiger partial charge in [-0.05, 0) is 24.3 Å². The lowest BCUT2D eigenvalue weighted by atomic mass is 10.2. The molecule has 1 aliphatic rings. The van der Waals surface area contributed by atoms with Crippen molar-refractivity contribution >= 4 is 23.4 Å². The minimum absolute atomic E-state index is 0.532. The third-order valence-corrected chi connectivity index (χ3v) is 2.43. The maximum atomic E-state index is 11.2. The summed E-state index contributed by atoms with van der Waals surface area (Å²) in [7, 11) is 0. The molecule has 0 spiro atoms. The van der Waals surface area contributed by atoms with Crippen LogP contribution in [-0.4, -0.2) is 35.9 Å². The van der Waals surface area contributed by atoms with Crippen molar-refractivity contribution in [1.29, 1.82) is 0 Å². The Hall–Kier alpha value is -2.37. The van der Waals surface area contributed by atoms with Gasteiger partial charge in [0.05, 0.1) is 6.54 Å². The third-order valence-electron chi connectivity index (χ3n) is 2.43. The number of carbonyl (C=O) groups is 2. The number of amides is 1. The summed E-state index contributed by atoms with van der Waals surface area (Å²) in [5.41, 5.74) is 1.52. The highest BCUT2D eigenvalue weighted by Gasteiger charge is 2.09. The monoisotopic (exact) mass is 247 g/mol. The van der Waals surface area contributed by atoms with Gasteiger partial charge in [-0.2, -0.15) is 0 Å². The van der Waals surface area contributed by atoms with Gasteiger partial charge in [0, 0.05) is 17.8 Å². The molecule has 0 fully saturated rings. The van der Waals surface area contributed by atoms with Crippen molar-refractivity contribution in [3.05, 3.63) is 29.8 Å². The van der Waals surface area contributed by atoms with E-state index >= 15 is 0 Å². The number of aliphatic imine (C=N–C) groups is 1. The molecule has 6 nitrogen and oxygen atoms in total. The average Bonchev–Trinajstić information content (AvgIpc) is 2.82. The molecule has 0 bridgehead atoms. The molecule has 0 radical (unpaired) electrons. The van der Waals surface area contributed by atoms with Gasteiger partial charge in [-0.1, -0.05) is 0 Å². The Labute approximate surface area is 104 Å². The number of carboxylic acids is 1.